The lowest BCUT2D eigenvalue weighted by atomic mass is 10.1. The third-order valence-corrected chi connectivity index (χ3v) is 3.27. The van der Waals surface area contributed by atoms with Crippen LogP contribution in [0.15, 0.2) is 24.3 Å². The second kappa shape index (κ2) is 5.96. The summed E-state index contributed by atoms with van der Waals surface area (Å²) in [6.07, 6.45) is 1.14. The molecular formula is C14H19FN2O. The summed E-state index contributed by atoms with van der Waals surface area (Å²) < 4.78 is 13.1. The molecule has 2 rings (SSSR count). The molecule has 1 heterocycles. The molecule has 0 saturated carbocycles. The lowest BCUT2D eigenvalue weighted by Gasteiger charge is -2.34. The quantitative estimate of drug-likeness (QED) is 0.819. The van der Waals surface area contributed by atoms with Gasteiger partial charge in [-0.05, 0) is 31.2 Å². The topological polar surface area (TPSA) is 23.6 Å². The second-order valence-electron chi connectivity index (χ2n) is 4.64. The average molecular weight is 250 g/mol. The standard InChI is InChI=1S/C14H19FN2O/c1-2-6-16-7-9-17(10-8-16)14(18)12-4-3-5-13(15)11-12/h3-5,11H,2,6-10H2,1H3. The molecule has 0 aliphatic carbocycles. The maximum Gasteiger partial charge on any atom is 0.254 e. The molecule has 98 valence electrons. The van der Waals surface area contributed by atoms with Gasteiger partial charge in [-0.1, -0.05) is 13.0 Å². The first-order chi connectivity index (χ1) is 8.70. The zero-order valence-corrected chi connectivity index (χ0v) is 10.7. The number of hydrogen-bond acceptors (Lipinski definition) is 2. The van der Waals surface area contributed by atoms with Crippen molar-refractivity contribution in [3.05, 3.63) is 35.6 Å². The number of amides is 1. The fourth-order valence-electron chi connectivity index (χ4n) is 2.29. The number of piperazine rings is 1. The van der Waals surface area contributed by atoms with Gasteiger partial charge < -0.3 is 4.90 Å². The predicted molar refractivity (Wildman–Crippen MR) is 69.0 cm³/mol. The van der Waals surface area contributed by atoms with E-state index < -0.39 is 0 Å². The maximum atomic E-state index is 13.1. The van der Waals surface area contributed by atoms with Crippen molar-refractivity contribution in [3.8, 4) is 0 Å². The molecule has 0 N–H and O–H groups in total. The lowest BCUT2D eigenvalue weighted by Crippen LogP contribution is -2.48. The summed E-state index contributed by atoms with van der Waals surface area (Å²) in [5.41, 5.74) is 0.443. The summed E-state index contributed by atoms with van der Waals surface area (Å²) in [7, 11) is 0. The van der Waals surface area contributed by atoms with Crippen LogP contribution >= 0.6 is 0 Å². The molecule has 0 radical (unpaired) electrons. The molecule has 0 atom stereocenters. The van der Waals surface area contributed by atoms with Crippen LogP contribution < -0.4 is 0 Å². The van der Waals surface area contributed by atoms with E-state index in [1.54, 1.807) is 17.0 Å². The van der Waals surface area contributed by atoms with Crippen LogP contribution in [0.3, 0.4) is 0 Å². The minimum Gasteiger partial charge on any atom is -0.336 e. The molecule has 18 heavy (non-hydrogen) atoms. The highest BCUT2D eigenvalue weighted by Gasteiger charge is 2.21. The van der Waals surface area contributed by atoms with Crippen molar-refractivity contribution in [1.29, 1.82) is 0 Å². The molecule has 1 amide bonds. The summed E-state index contributed by atoms with van der Waals surface area (Å²) in [6, 6.07) is 5.91. The minimum absolute atomic E-state index is 0.0642. The van der Waals surface area contributed by atoms with Crippen LogP contribution in [0, 0.1) is 5.82 Å². The van der Waals surface area contributed by atoms with Crippen molar-refractivity contribution < 1.29 is 9.18 Å². The molecule has 1 aliphatic heterocycles. The Balaban J connectivity index is 1.95. The second-order valence-corrected chi connectivity index (χ2v) is 4.64. The van der Waals surface area contributed by atoms with Crippen molar-refractivity contribution in [3.63, 3.8) is 0 Å². The van der Waals surface area contributed by atoms with E-state index in [1.807, 2.05) is 0 Å². The van der Waals surface area contributed by atoms with E-state index in [1.165, 1.54) is 12.1 Å². The Kier molecular flexibility index (Phi) is 4.31. The highest BCUT2D eigenvalue weighted by Crippen LogP contribution is 2.10. The van der Waals surface area contributed by atoms with Gasteiger partial charge in [-0.3, -0.25) is 9.69 Å². The monoisotopic (exact) mass is 250 g/mol. The molecule has 1 aromatic rings. The Morgan fingerprint density at radius 1 is 1.28 bits per heavy atom. The number of benzene rings is 1. The lowest BCUT2D eigenvalue weighted by molar-refractivity contribution is 0.0637. The van der Waals surface area contributed by atoms with E-state index >= 15 is 0 Å². The summed E-state index contributed by atoms with van der Waals surface area (Å²) in [5.74, 6) is -0.420. The van der Waals surface area contributed by atoms with Crippen LogP contribution in [0.5, 0.6) is 0 Å². The van der Waals surface area contributed by atoms with Gasteiger partial charge in [0.05, 0.1) is 0 Å². The Morgan fingerprint density at radius 2 is 2.00 bits per heavy atom. The van der Waals surface area contributed by atoms with Gasteiger partial charge in [-0.2, -0.15) is 0 Å². The number of halogens is 1. The van der Waals surface area contributed by atoms with Gasteiger partial charge in [0.15, 0.2) is 0 Å². The van der Waals surface area contributed by atoms with Gasteiger partial charge in [-0.15, -0.1) is 0 Å². The van der Waals surface area contributed by atoms with Crippen LogP contribution in [-0.4, -0.2) is 48.4 Å². The minimum atomic E-state index is -0.356. The highest BCUT2D eigenvalue weighted by molar-refractivity contribution is 5.94. The largest absolute Gasteiger partial charge is 0.336 e. The Bertz CT molecular complexity index is 414. The smallest absolute Gasteiger partial charge is 0.254 e. The van der Waals surface area contributed by atoms with Gasteiger partial charge in [0.2, 0.25) is 0 Å². The Hall–Kier alpha value is -1.42. The van der Waals surface area contributed by atoms with Crippen LogP contribution in [0.1, 0.15) is 23.7 Å². The van der Waals surface area contributed by atoms with E-state index in [-0.39, 0.29) is 11.7 Å². The van der Waals surface area contributed by atoms with Crippen molar-refractivity contribution in [2.45, 2.75) is 13.3 Å². The van der Waals surface area contributed by atoms with Gasteiger partial charge >= 0.3 is 0 Å². The average Bonchev–Trinajstić information content (AvgIpc) is 2.39. The molecule has 0 spiro atoms. The van der Waals surface area contributed by atoms with Crippen molar-refractivity contribution >= 4 is 5.91 Å². The third kappa shape index (κ3) is 3.07. The van der Waals surface area contributed by atoms with Crippen molar-refractivity contribution in [1.82, 2.24) is 9.80 Å². The fraction of sp³-hybridized carbons (Fsp3) is 0.500. The molecule has 0 aromatic heterocycles. The van der Waals surface area contributed by atoms with E-state index in [0.29, 0.717) is 5.56 Å². The van der Waals surface area contributed by atoms with E-state index in [9.17, 15) is 9.18 Å². The van der Waals surface area contributed by atoms with Gasteiger partial charge in [0.25, 0.3) is 5.91 Å². The van der Waals surface area contributed by atoms with Crippen LogP contribution in [0.2, 0.25) is 0 Å². The zero-order chi connectivity index (χ0) is 13.0. The molecule has 4 heteroatoms. The molecule has 3 nitrogen and oxygen atoms in total. The number of rotatable bonds is 3. The molecule has 1 saturated heterocycles. The number of hydrogen-bond donors (Lipinski definition) is 0. The van der Waals surface area contributed by atoms with Crippen LogP contribution in [-0.2, 0) is 0 Å². The zero-order valence-electron chi connectivity index (χ0n) is 10.7. The van der Waals surface area contributed by atoms with E-state index in [4.69, 9.17) is 0 Å². The van der Waals surface area contributed by atoms with Crippen molar-refractivity contribution in [2.24, 2.45) is 0 Å². The normalized spacial score (nSPS) is 16.9. The number of carbonyl (C=O) groups is 1. The summed E-state index contributed by atoms with van der Waals surface area (Å²) in [6.45, 7) is 6.53. The first kappa shape index (κ1) is 13.0. The summed E-state index contributed by atoms with van der Waals surface area (Å²) in [4.78, 5) is 16.3. The number of carbonyl (C=O) groups excluding carboxylic acids is 1. The third-order valence-electron chi connectivity index (χ3n) is 3.27. The van der Waals surface area contributed by atoms with Gasteiger partial charge in [-0.25, -0.2) is 4.39 Å². The van der Waals surface area contributed by atoms with Crippen LogP contribution in [0.4, 0.5) is 4.39 Å². The highest BCUT2D eigenvalue weighted by atomic mass is 19.1. The van der Waals surface area contributed by atoms with Crippen LogP contribution in [0.25, 0.3) is 0 Å². The summed E-state index contributed by atoms with van der Waals surface area (Å²) >= 11 is 0. The molecule has 1 aromatic carbocycles. The maximum absolute atomic E-state index is 13.1. The Morgan fingerprint density at radius 3 is 2.61 bits per heavy atom. The van der Waals surface area contributed by atoms with Gasteiger partial charge in [0, 0.05) is 31.7 Å². The van der Waals surface area contributed by atoms with Crippen molar-refractivity contribution in [2.75, 3.05) is 32.7 Å². The van der Waals surface area contributed by atoms with Gasteiger partial charge in [0.1, 0.15) is 5.82 Å². The molecule has 1 aliphatic rings. The molecule has 1 fully saturated rings. The molecular weight excluding hydrogens is 231 g/mol. The summed E-state index contributed by atoms with van der Waals surface area (Å²) in [5, 5.41) is 0. The first-order valence-corrected chi connectivity index (χ1v) is 6.48. The molecule has 0 bridgehead atoms. The number of nitrogens with zero attached hydrogens (tertiary/aromatic N) is 2. The van der Waals surface area contributed by atoms with E-state index in [2.05, 4.69) is 11.8 Å². The Labute approximate surface area is 107 Å². The molecule has 0 unspecified atom stereocenters. The van der Waals surface area contributed by atoms with E-state index in [0.717, 1.165) is 39.1 Å². The SMILES string of the molecule is CCCN1CCN(C(=O)c2cccc(F)c2)CC1. The fourth-order valence-corrected chi connectivity index (χ4v) is 2.29. The predicted octanol–water partition coefficient (Wildman–Crippen LogP) is 1.99. The first-order valence-electron chi connectivity index (χ1n) is 6.48.